The van der Waals surface area contributed by atoms with Crippen LogP contribution in [0.5, 0.6) is 0 Å². The Morgan fingerprint density at radius 1 is 1.56 bits per heavy atom. The highest BCUT2D eigenvalue weighted by atomic mass is 79.9. The lowest BCUT2D eigenvalue weighted by molar-refractivity contribution is 0.0935. The summed E-state index contributed by atoms with van der Waals surface area (Å²) >= 11 is 3.47. The average molecular weight is 283 g/mol. The molecule has 0 amide bonds. The van der Waals surface area contributed by atoms with Gasteiger partial charge in [0.25, 0.3) is 0 Å². The average Bonchev–Trinajstić information content (AvgIpc) is 2.86. The van der Waals surface area contributed by atoms with Crippen molar-refractivity contribution in [2.24, 2.45) is 0 Å². The van der Waals surface area contributed by atoms with Crippen molar-refractivity contribution in [2.75, 3.05) is 6.61 Å². The number of rotatable bonds is 1. The van der Waals surface area contributed by atoms with Gasteiger partial charge in [-0.1, -0.05) is 0 Å². The summed E-state index contributed by atoms with van der Waals surface area (Å²) in [5.74, 6) is 0.824. The Bertz CT molecular complexity index is 518. The fraction of sp³-hybridized carbons (Fsp3) is 0.364. The maximum Gasteiger partial charge on any atom is 0.204 e. The van der Waals surface area contributed by atoms with Gasteiger partial charge in [0.1, 0.15) is 6.26 Å². The van der Waals surface area contributed by atoms with E-state index in [9.17, 15) is 0 Å². The predicted octanol–water partition coefficient (Wildman–Crippen LogP) is 2.74. The minimum atomic E-state index is 0.0972. The first-order chi connectivity index (χ1) is 7.75. The molecule has 1 atom stereocenters. The summed E-state index contributed by atoms with van der Waals surface area (Å²) in [5.41, 5.74) is 3.27. The molecule has 84 valence electrons. The zero-order chi connectivity index (χ0) is 11.1. The van der Waals surface area contributed by atoms with Crippen LogP contribution in [0.1, 0.15) is 28.6 Å². The van der Waals surface area contributed by atoms with Crippen molar-refractivity contribution in [1.82, 2.24) is 9.97 Å². The number of hydrogen-bond acceptors (Lipinski definition) is 3. The Morgan fingerprint density at radius 2 is 2.44 bits per heavy atom. The lowest BCUT2D eigenvalue weighted by Crippen LogP contribution is -2.16. The SMILES string of the molecule is Cc1coc(C2COCc3c2c[nH]c3Br)n1. The van der Waals surface area contributed by atoms with E-state index in [0.29, 0.717) is 13.2 Å². The number of halogens is 1. The third-order valence-electron chi connectivity index (χ3n) is 2.81. The summed E-state index contributed by atoms with van der Waals surface area (Å²) in [7, 11) is 0. The van der Waals surface area contributed by atoms with Crippen LogP contribution in [0.4, 0.5) is 0 Å². The van der Waals surface area contributed by atoms with Crippen LogP contribution in [0.15, 0.2) is 21.5 Å². The second-order valence-electron chi connectivity index (χ2n) is 3.93. The van der Waals surface area contributed by atoms with Crippen LogP contribution in [0.2, 0.25) is 0 Å². The maximum absolute atomic E-state index is 5.56. The minimum Gasteiger partial charge on any atom is -0.448 e. The van der Waals surface area contributed by atoms with E-state index < -0.39 is 0 Å². The third kappa shape index (κ3) is 1.51. The molecule has 1 N–H and O–H groups in total. The Hall–Kier alpha value is -1.07. The van der Waals surface area contributed by atoms with Gasteiger partial charge in [-0.2, -0.15) is 0 Å². The fourth-order valence-electron chi connectivity index (χ4n) is 2.00. The predicted molar refractivity (Wildman–Crippen MR) is 61.2 cm³/mol. The smallest absolute Gasteiger partial charge is 0.204 e. The van der Waals surface area contributed by atoms with Crippen molar-refractivity contribution in [3.8, 4) is 0 Å². The molecule has 0 radical (unpaired) electrons. The highest BCUT2D eigenvalue weighted by molar-refractivity contribution is 9.10. The Labute approximate surface area is 101 Å². The third-order valence-corrected chi connectivity index (χ3v) is 3.52. The van der Waals surface area contributed by atoms with Gasteiger partial charge < -0.3 is 14.1 Å². The van der Waals surface area contributed by atoms with E-state index in [1.54, 1.807) is 6.26 Å². The molecule has 1 aliphatic rings. The molecule has 1 unspecified atom stereocenters. The second-order valence-corrected chi connectivity index (χ2v) is 4.72. The van der Waals surface area contributed by atoms with Crippen molar-refractivity contribution < 1.29 is 9.15 Å². The first kappa shape index (κ1) is 10.1. The number of aryl methyl sites for hydroxylation is 1. The zero-order valence-corrected chi connectivity index (χ0v) is 10.4. The molecule has 1 aliphatic heterocycles. The first-order valence-corrected chi connectivity index (χ1v) is 5.90. The minimum absolute atomic E-state index is 0.0972. The van der Waals surface area contributed by atoms with E-state index in [2.05, 4.69) is 25.9 Å². The summed E-state index contributed by atoms with van der Waals surface area (Å²) in [6, 6.07) is 0. The molecule has 2 aromatic heterocycles. The van der Waals surface area contributed by atoms with Crippen molar-refractivity contribution >= 4 is 15.9 Å². The molecule has 3 rings (SSSR count). The largest absolute Gasteiger partial charge is 0.448 e. The quantitative estimate of drug-likeness (QED) is 0.875. The number of aromatic amines is 1. The van der Waals surface area contributed by atoms with E-state index in [1.807, 2.05) is 13.1 Å². The lowest BCUT2D eigenvalue weighted by Gasteiger charge is -2.20. The van der Waals surface area contributed by atoms with Crippen LogP contribution in [0, 0.1) is 6.92 Å². The number of nitrogens with one attached hydrogen (secondary N) is 1. The Balaban J connectivity index is 2.05. The normalized spacial score (nSPS) is 19.8. The van der Waals surface area contributed by atoms with Crippen molar-refractivity contribution in [2.45, 2.75) is 19.4 Å². The summed E-state index contributed by atoms with van der Waals surface area (Å²) in [6.45, 7) is 3.18. The molecule has 2 aromatic rings. The van der Waals surface area contributed by atoms with Crippen molar-refractivity contribution in [3.63, 3.8) is 0 Å². The standard InChI is InChI=1S/C11H11BrN2O2/c1-6-3-16-11(14-6)9-5-15-4-8-7(9)2-13-10(8)12/h2-3,9,13H,4-5H2,1H3. The number of ether oxygens (including phenoxy) is 1. The first-order valence-electron chi connectivity index (χ1n) is 5.11. The number of oxazole rings is 1. The molecule has 16 heavy (non-hydrogen) atoms. The van der Waals surface area contributed by atoms with Gasteiger partial charge in [-0.15, -0.1) is 0 Å². The Morgan fingerprint density at radius 3 is 3.19 bits per heavy atom. The molecule has 0 aliphatic carbocycles. The maximum atomic E-state index is 5.56. The van der Waals surface area contributed by atoms with Gasteiger partial charge in [0.15, 0.2) is 0 Å². The van der Waals surface area contributed by atoms with Gasteiger partial charge in [-0.3, -0.25) is 0 Å². The lowest BCUT2D eigenvalue weighted by atomic mass is 9.97. The van der Waals surface area contributed by atoms with Gasteiger partial charge in [0.05, 0.1) is 29.4 Å². The zero-order valence-electron chi connectivity index (χ0n) is 8.79. The van der Waals surface area contributed by atoms with E-state index >= 15 is 0 Å². The van der Waals surface area contributed by atoms with Crippen LogP contribution >= 0.6 is 15.9 Å². The highest BCUT2D eigenvalue weighted by Gasteiger charge is 2.28. The Kier molecular flexibility index (Phi) is 2.37. The molecular formula is C11H11BrN2O2. The summed E-state index contributed by atoms with van der Waals surface area (Å²) in [4.78, 5) is 7.52. The van der Waals surface area contributed by atoms with Crippen molar-refractivity contribution in [1.29, 1.82) is 0 Å². The fourth-order valence-corrected chi connectivity index (χ4v) is 2.46. The molecule has 0 fully saturated rings. The van der Waals surface area contributed by atoms with Crippen LogP contribution < -0.4 is 0 Å². The topological polar surface area (TPSA) is 51.0 Å². The van der Waals surface area contributed by atoms with Gasteiger partial charge >= 0.3 is 0 Å². The van der Waals surface area contributed by atoms with E-state index in [1.165, 1.54) is 5.56 Å². The van der Waals surface area contributed by atoms with Crippen LogP contribution in [0.3, 0.4) is 0 Å². The van der Waals surface area contributed by atoms with Crippen molar-refractivity contribution in [3.05, 3.63) is 39.8 Å². The number of aromatic nitrogens is 2. The van der Waals surface area contributed by atoms with Gasteiger partial charge in [0.2, 0.25) is 5.89 Å². The summed E-state index contributed by atoms with van der Waals surface area (Å²) in [6.07, 6.45) is 3.66. The number of nitrogens with zero attached hydrogens (tertiary/aromatic N) is 1. The number of fused-ring (bicyclic) bond motifs is 1. The summed E-state index contributed by atoms with van der Waals surface area (Å²) in [5, 5.41) is 0. The molecular weight excluding hydrogens is 272 g/mol. The molecule has 4 nitrogen and oxygen atoms in total. The van der Waals surface area contributed by atoms with Gasteiger partial charge in [-0.05, 0) is 28.4 Å². The van der Waals surface area contributed by atoms with Gasteiger partial charge in [-0.25, -0.2) is 4.98 Å². The monoisotopic (exact) mass is 282 g/mol. The highest BCUT2D eigenvalue weighted by Crippen LogP contribution is 2.35. The number of hydrogen-bond donors (Lipinski definition) is 1. The summed E-state index contributed by atoms with van der Waals surface area (Å²) < 4.78 is 12.0. The van der Waals surface area contributed by atoms with Gasteiger partial charge in [0, 0.05) is 11.8 Å². The van der Waals surface area contributed by atoms with E-state index in [-0.39, 0.29) is 5.92 Å². The van der Waals surface area contributed by atoms with E-state index in [4.69, 9.17) is 9.15 Å². The molecule has 0 saturated carbocycles. The molecule has 5 heteroatoms. The van der Waals surface area contributed by atoms with Crippen LogP contribution in [0.25, 0.3) is 0 Å². The number of H-pyrrole nitrogens is 1. The second kappa shape index (κ2) is 3.75. The molecule has 0 bridgehead atoms. The molecule has 0 aromatic carbocycles. The van der Waals surface area contributed by atoms with E-state index in [0.717, 1.165) is 21.8 Å². The molecule has 0 spiro atoms. The van der Waals surface area contributed by atoms with Crippen LogP contribution in [-0.4, -0.2) is 16.6 Å². The molecule has 3 heterocycles. The molecule has 0 saturated heterocycles. The van der Waals surface area contributed by atoms with Crippen LogP contribution in [-0.2, 0) is 11.3 Å².